The first kappa shape index (κ1) is 13.5. The minimum absolute atomic E-state index is 0.00343. The lowest BCUT2D eigenvalue weighted by atomic mass is 9.76. The Labute approximate surface area is 97.9 Å². The van der Waals surface area contributed by atoms with Crippen molar-refractivity contribution in [3.63, 3.8) is 0 Å². The Morgan fingerprint density at radius 3 is 2.88 bits per heavy atom. The second kappa shape index (κ2) is 6.86. The third kappa shape index (κ3) is 3.76. The van der Waals surface area contributed by atoms with E-state index in [4.69, 9.17) is 10.5 Å². The molecule has 1 aliphatic rings. The van der Waals surface area contributed by atoms with Gasteiger partial charge in [-0.05, 0) is 25.2 Å². The summed E-state index contributed by atoms with van der Waals surface area (Å²) in [7, 11) is 1.67. The first-order valence-corrected chi connectivity index (χ1v) is 6.19. The van der Waals surface area contributed by atoms with Gasteiger partial charge in [-0.2, -0.15) is 0 Å². The van der Waals surface area contributed by atoms with Crippen LogP contribution < -0.4 is 11.1 Å². The molecule has 1 aliphatic carbocycles. The van der Waals surface area contributed by atoms with Crippen LogP contribution in [0.5, 0.6) is 0 Å². The van der Waals surface area contributed by atoms with E-state index in [0.717, 1.165) is 25.7 Å². The van der Waals surface area contributed by atoms with E-state index in [2.05, 4.69) is 12.2 Å². The summed E-state index contributed by atoms with van der Waals surface area (Å²) in [6, 6.07) is 0.0335. The second-order valence-electron chi connectivity index (χ2n) is 4.74. The molecule has 1 fully saturated rings. The number of nitrogens with two attached hydrogens (primary N) is 1. The monoisotopic (exact) mass is 228 g/mol. The van der Waals surface area contributed by atoms with Gasteiger partial charge in [0.15, 0.2) is 0 Å². The van der Waals surface area contributed by atoms with E-state index in [1.165, 1.54) is 0 Å². The molecule has 3 unspecified atom stereocenters. The fourth-order valence-electron chi connectivity index (χ4n) is 2.46. The Kier molecular flexibility index (Phi) is 5.77. The van der Waals surface area contributed by atoms with Crippen LogP contribution in [0.2, 0.25) is 0 Å². The minimum Gasteiger partial charge on any atom is -0.385 e. The highest BCUT2D eigenvalue weighted by Gasteiger charge is 2.33. The van der Waals surface area contributed by atoms with Crippen LogP contribution in [0, 0.1) is 11.8 Å². The molecule has 4 heteroatoms. The minimum atomic E-state index is -0.00343. The number of rotatable bonds is 5. The largest absolute Gasteiger partial charge is 0.385 e. The first-order valence-electron chi connectivity index (χ1n) is 6.19. The van der Waals surface area contributed by atoms with Crippen molar-refractivity contribution in [2.45, 2.75) is 38.6 Å². The third-order valence-electron chi connectivity index (χ3n) is 3.40. The summed E-state index contributed by atoms with van der Waals surface area (Å²) >= 11 is 0. The zero-order valence-corrected chi connectivity index (χ0v) is 10.4. The lowest BCUT2D eigenvalue weighted by Crippen LogP contribution is -2.47. The molecule has 0 aromatic rings. The zero-order valence-electron chi connectivity index (χ0n) is 10.4. The average molecular weight is 228 g/mol. The lowest BCUT2D eigenvalue weighted by molar-refractivity contribution is -0.128. The Morgan fingerprint density at radius 2 is 2.25 bits per heavy atom. The van der Waals surface area contributed by atoms with Crippen molar-refractivity contribution < 1.29 is 9.53 Å². The van der Waals surface area contributed by atoms with Gasteiger partial charge < -0.3 is 15.8 Å². The van der Waals surface area contributed by atoms with Gasteiger partial charge in [0.05, 0.1) is 5.92 Å². The van der Waals surface area contributed by atoms with Gasteiger partial charge in [-0.3, -0.25) is 4.79 Å². The highest BCUT2D eigenvalue weighted by atomic mass is 16.5. The van der Waals surface area contributed by atoms with Crippen molar-refractivity contribution in [3.8, 4) is 0 Å². The van der Waals surface area contributed by atoms with E-state index in [1.807, 2.05) is 0 Å². The van der Waals surface area contributed by atoms with E-state index < -0.39 is 0 Å². The predicted octanol–water partition coefficient (Wildman–Crippen LogP) is 0.903. The number of nitrogens with one attached hydrogen (secondary N) is 1. The maximum absolute atomic E-state index is 12.0. The molecule has 0 aromatic carbocycles. The van der Waals surface area contributed by atoms with Crippen LogP contribution in [0.15, 0.2) is 0 Å². The normalized spacial score (nSPS) is 30.1. The van der Waals surface area contributed by atoms with Crippen molar-refractivity contribution in [2.24, 2.45) is 17.6 Å². The molecule has 4 nitrogen and oxygen atoms in total. The molecule has 0 bridgehead atoms. The number of carbonyl (C=O) groups excluding carboxylic acids is 1. The first-order chi connectivity index (χ1) is 7.66. The summed E-state index contributed by atoms with van der Waals surface area (Å²) in [5, 5.41) is 2.95. The highest BCUT2D eigenvalue weighted by molar-refractivity contribution is 5.79. The molecular weight excluding hydrogens is 204 g/mol. The second-order valence-corrected chi connectivity index (χ2v) is 4.74. The van der Waals surface area contributed by atoms with Gasteiger partial charge >= 0.3 is 0 Å². The molecule has 1 saturated carbocycles. The summed E-state index contributed by atoms with van der Waals surface area (Å²) in [6.45, 7) is 3.49. The zero-order chi connectivity index (χ0) is 12.0. The van der Waals surface area contributed by atoms with Gasteiger partial charge in [-0.15, -0.1) is 0 Å². The van der Waals surface area contributed by atoms with Crippen molar-refractivity contribution in [3.05, 3.63) is 0 Å². The van der Waals surface area contributed by atoms with E-state index in [-0.39, 0.29) is 17.9 Å². The predicted molar refractivity (Wildman–Crippen MR) is 64.0 cm³/mol. The van der Waals surface area contributed by atoms with Crippen molar-refractivity contribution in [2.75, 3.05) is 20.3 Å². The summed E-state index contributed by atoms with van der Waals surface area (Å²) < 4.78 is 4.94. The van der Waals surface area contributed by atoms with Crippen molar-refractivity contribution in [1.29, 1.82) is 0 Å². The molecule has 1 amide bonds. The standard InChI is InChI=1S/C12H24N2O2/c1-9-5-3-6-10(13)11(9)12(15)14-7-4-8-16-2/h9-11H,3-8,13H2,1-2H3,(H,14,15). The fourth-order valence-corrected chi connectivity index (χ4v) is 2.46. The van der Waals surface area contributed by atoms with Crippen molar-refractivity contribution >= 4 is 5.91 Å². The van der Waals surface area contributed by atoms with E-state index >= 15 is 0 Å². The van der Waals surface area contributed by atoms with Crippen molar-refractivity contribution in [1.82, 2.24) is 5.32 Å². The average Bonchev–Trinajstić information content (AvgIpc) is 2.24. The van der Waals surface area contributed by atoms with Crippen LogP contribution in [-0.4, -0.2) is 32.2 Å². The lowest BCUT2D eigenvalue weighted by Gasteiger charge is -2.33. The smallest absolute Gasteiger partial charge is 0.224 e. The van der Waals surface area contributed by atoms with Gasteiger partial charge in [-0.1, -0.05) is 13.3 Å². The molecular formula is C12H24N2O2. The Hall–Kier alpha value is -0.610. The van der Waals surface area contributed by atoms with Crippen LogP contribution in [-0.2, 0) is 9.53 Å². The van der Waals surface area contributed by atoms with Gasteiger partial charge in [0.2, 0.25) is 5.91 Å². The third-order valence-corrected chi connectivity index (χ3v) is 3.40. The van der Waals surface area contributed by atoms with Gasteiger partial charge in [-0.25, -0.2) is 0 Å². The Morgan fingerprint density at radius 1 is 1.50 bits per heavy atom. The van der Waals surface area contributed by atoms with Crippen LogP contribution in [0.4, 0.5) is 0 Å². The molecule has 3 atom stereocenters. The molecule has 0 radical (unpaired) electrons. The number of carbonyl (C=O) groups is 1. The quantitative estimate of drug-likeness (QED) is 0.687. The Balaban J connectivity index is 2.33. The molecule has 1 rings (SSSR count). The van der Waals surface area contributed by atoms with Crippen LogP contribution in [0.1, 0.15) is 32.6 Å². The van der Waals surface area contributed by atoms with Crippen LogP contribution in [0.25, 0.3) is 0 Å². The Bertz CT molecular complexity index is 211. The van der Waals surface area contributed by atoms with Gasteiger partial charge in [0.1, 0.15) is 0 Å². The molecule has 16 heavy (non-hydrogen) atoms. The number of hydrogen-bond donors (Lipinski definition) is 2. The van der Waals surface area contributed by atoms with Crippen LogP contribution >= 0.6 is 0 Å². The molecule has 3 N–H and O–H groups in total. The molecule has 0 heterocycles. The molecule has 0 aromatic heterocycles. The molecule has 0 saturated heterocycles. The number of methoxy groups -OCH3 is 1. The number of ether oxygens (including phenoxy) is 1. The van der Waals surface area contributed by atoms with E-state index in [1.54, 1.807) is 7.11 Å². The van der Waals surface area contributed by atoms with E-state index in [0.29, 0.717) is 19.1 Å². The molecule has 0 aliphatic heterocycles. The highest BCUT2D eigenvalue weighted by Crippen LogP contribution is 2.28. The maximum Gasteiger partial charge on any atom is 0.224 e. The summed E-state index contributed by atoms with van der Waals surface area (Å²) in [4.78, 5) is 12.0. The summed E-state index contributed by atoms with van der Waals surface area (Å²) in [5.74, 6) is 0.526. The number of amides is 1. The summed E-state index contributed by atoms with van der Waals surface area (Å²) in [5.41, 5.74) is 6.02. The van der Waals surface area contributed by atoms with Gasteiger partial charge in [0, 0.05) is 26.3 Å². The maximum atomic E-state index is 12.0. The summed E-state index contributed by atoms with van der Waals surface area (Å²) in [6.07, 6.45) is 4.10. The van der Waals surface area contributed by atoms with E-state index in [9.17, 15) is 4.79 Å². The number of hydrogen-bond acceptors (Lipinski definition) is 3. The SMILES string of the molecule is COCCCNC(=O)C1C(C)CCCC1N. The fraction of sp³-hybridized carbons (Fsp3) is 0.917. The van der Waals surface area contributed by atoms with Gasteiger partial charge in [0.25, 0.3) is 0 Å². The topological polar surface area (TPSA) is 64.3 Å². The van der Waals surface area contributed by atoms with Crippen LogP contribution in [0.3, 0.4) is 0 Å². The molecule has 0 spiro atoms. The molecule has 94 valence electrons.